The average molecular weight is 539 g/mol. The number of nitrogens with one attached hydrogen (secondary N) is 1. The highest BCUT2D eigenvalue weighted by Gasteiger charge is 2.39. The Hall–Kier alpha value is -3.99. The van der Waals surface area contributed by atoms with Crippen LogP contribution in [0.5, 0.6) is 5.75 Å². The molecule has 38 heavy (non-hydrogen) atoms. The Kier molecular flexibility index (Phi) is 6.78. The standard InChI is InChI=1S/C27H26N2O8S/c30-21-10-2-1-3-11-22-24(21)26(31)25(27(32)37-22)23(16-12-13-16)17-6-4-7-18(14-17)28-38(35,36)20-9-5-8-19(15-20)29(33)34/h4-9,14-16,23,28,31H,1-3,10-13H2. The molecule has 2 aromatic carbocycles. The Morgan fingerprint density at radius 2 is 1.76 bits per heavy atom. The zero-order valence-electron chi connectivity index (χ0n) is 20.4. The zero-order chi connectivity index (χ0) is 27.0. The van der Waals surface area contributed by atoms with Crippen molar-refractivity contribution in [3.05, 3.63) is 91.5 Å². The van der Waals surface area contributed by atoms with Crippen LogP contribution in [0.1, 0.15) is 71.7 Å². The number of carbonyl (C=O) groups is 1. The van der Waals surface area contributed by atoms with Crippen molar-refractivity contribution in [1.29, 1.82) is 0 Å². The number of ketones is 1. The fraction of sp³-hybridized carbons (Fsp3) is 0.333. The summed E-state index contributed by atoms with van der Waals surface area (Å²) in [5.74, 6) is -0.974. The zero-order valence-corrected chi connectivity index (χ0v) is 21.2. The molecule has 2 aliphatic rings. The topological polar surface area (TPSA) is 157 Å². The predicted molar refractivity (Wildman–Crippen MR) is 138 cm³/mol. The highest BCUT2D eigenvalue weighted by Crippen LogP contribution is 2.49. The Labute approximate surface area is 218 Å². The molecule has 1 atom stereocenters. The molecule has 1 heterocycles. The predicted octanol–water partition coefficient (Wildman–Crippen LogP) is 4.90. The van der Waals surface area contributed by atoms with Crippen LogP contribution in [0.25, 0.3) is 0 Å². The molecule has 0 spiro atoms. The number of aromatic hydroxyl groups is 1. The first kappa shape index (κ1) is 25.7. The van der Waals surface area contributed by atoms with Crippen molar-refractivity contribution >= 4 is 27.2 Å². The van der Waals surface area contributed by atoms with Gasteiger partial charge in [-0.25, -0.2) is 13.2 Å². The van der Waals surface area contributed by atoms with Crippen LogP contribution >= 0.6 is 0 Å². The van der Waals surface area contributed by atoms with E-state index in [0.29, 0.717) is 18.4 Å². The van der Waals surface area contributed by atoms with Crippen molar-refractivity contribution in [3.8, 4) is 5.75 Å². The number of hydrogen-bond donors (Lipinski definition) is 2. The number of sulfonamides is 1. The third kappa shape index (κ3) is 5.06. The monoisotopic (exact) mass is 538 g/mol. The van der Waals surface area contributed by atoms with Crippen LogP contribution < -0.4 is 10.3 Å². The quantitative estimate of drug-likeness (QED) is 0.318. The molecule has 1 saturated carbocycles. The first-order chi connectivity index (χ1) is 18.2. The van der Waals surface area contributed by atoms with E-state index in [0.717, 1.165) is 31.7 Å². The number of hydrogen-bond acceptors (Lipinski definition) is 8. The number of non-ortho nitro benzene ring substituents is 1. The van der Waals surface area contributed by atoms with Crippen LogP contribution in [0.2, 0.25) is 0 Å². The lowest BCUT2D eigenvalue weighted by Crippen LogP contribution is -2.21. The Balaban J connectivity index is 1.53. The molecular formula is C27H26N2O8S. The maximum atomic E-state index is 13.1. The number of Topliss-reactive ketones (excluding diaryl/α,β-unsaturated/α-hetero) is 1. The second-order valence-electron chi connectivity index (χ2n) is 9.73. The first-order valence-electron chi connectivity index (χ1n) is 12.4. The smallest absolute Gasteiger partial charge is 0.343 e. The SMILES string of the molecule is O=C1CCCCCc2oc(=O)c(C(c3cccc(NS(=O)(=O)c4cccc([N+](=O)[O-])c4)c3)C3CC3)c(O)c21. The van der Waals surface area contributed by atoms with E-state index in [9.17, 15) is 33.2 Å². The summed E-state index contributed by atoms with van der Waals surface area (Å²) in [6.07, 6.45) is 4.52. The summed E-state index contributed by atoms with van der Waals surface area (Å²) in [6, 6.07) is 11.1. The summed E-state index contributed by atoms with van der Waals surface area (Å²) >= 11 is 0. The summed E-state index contributed by atoms with van der Waals surface area (Å²) in [4.78, 5) is 36.1. The molecule has 5 rings (SSSR count). The van der Waals surface area contributed by atoms with E-state index < -0.39 is 26.5 Å². The molecule has 1 unspecified atom stereocenters. The van der Waals surface area contributed by atoms with E-state index in [2.05, 4.69) is 4.72 Å². The van der Waals surface area contributed by atoms with E-state index in [1.807, 2.05) is 0 Å². The number of fused-ring (bicyclic) bond motifs is 1. The van der Waals surface area contributed by atoms with Crippen LogP contribution in [0.4, 0.5) is 11.4 Å². The Morgan fingerprint density at radius 1 is 1.03 bits per heavy atom. The molecule has 0 amide bonds. The summed E-state index contributed by atoms with van der Waals surface area (Å²) in [5.41, 5.74) is -0.204. The number of rotatable bonds is 7. The number of benzene rings is 2. The molecule has 1 aromatic heterocycles. The molecule has 0 aliphatic heterocycles. The van der Waals surface area contributed by atoms with E-state index in [4.69, 9.17) is 4.42 Å². The number of carbonyl (C=O) groups excluding carboxylic acids is 1. The Morgan fingerprint density at radius 3 is 2.50 bits per heavy atom. The highest BCUT2D eigenvalue weighted by molar-refractivity contribution is 7.92. The van der Waals surface area contributed by atoms with Crippen molar-refractivity contribution in [2.24, 2.45) is 5.92 Å². The first-order valence-corrected chi connectivity index (χ1v) is 13.9. The van der Waals surface area contributed by atoms with Crippen LogP contribution in [0.15, 0.2) is 62.6 Å². The van der Waals surface area contributed by atoms with Crippen molar-refractivity contribution in [2.75, 3.05) is 4.72 Å². The fourth-order valence-corrected chi connectivity index (χ4v) is 6.16. The van der Waals surface area contributed by atoms with Gasteiger partial charge in [-0.3, -0.25) is 19.6 Å². The number of anilines is 1. The van der Waals surface area contributed by atoms with Gasteiger partial charge in [0.1, 0.15) is 11.5 Å². The van der Waals surface area contributed by atoms with Crippen LogP contribution in [0, 0.1) is 16.0 Å². The van der Waals surface area contributed by atoms with Crippen molar-refractivity contribution < 1.29 is 27.7 Å². The Bertz CT molecular complexity index is 1590. The van der Waals surface area contributed by atoms with Gasteiger partial charge in [-0.1, -0.05) is 24.6 Å². The van der Waals surface area contributed by atoms with Gasteiger partial charge in [0, 0.05) is 36.6 Å². The summed E-state index contributed by atoms with van der Waals surface area (Å²) in [7, 11) is -4.15. The van der Waals surface area contributed by atoms with E-state index >= 15 is 0 Å². The number of nitro benzene ring substituents is 1. The third-order valence-electron chi connectivity index (χ3n) is 7.03. The van der Waals surface area contributed by atoms with E-state index in [1.54, 1.807) is 18.2 Å². The van der Waals surface area contributed by atoms with Crippen LogP contribution in [-0.4, -0.2) is 24.2 Å². The lowest BCUT2D eigenvalue weighted by atomic mass is 9.85. The average Bonchev–Trinajstić information content (AvgIpc) is 3.70. The molecule has 11 heteroatoms. The van der Waals surface area contributed by atoms with Crippen molar-refractivity contribution in [1.82, 2.24) is 0 Å². The van der Waals surface area contributed by atoms with Gasteiger partial charge in [-0.05, 0) is 55.4 Å². The molecule has 1 fully saturated rings. The van der Waals surface area contributed by atoms with Crippen LogP contribution in [0.3, 0.4) is 0 Å². The fourth-order valence-electron chi connectivity index (χ4n) is 5.07. The van der Waals surface area contributed by atoms with Gasteiger partial charge < -0.3 is 9.52 Å². The molecule has 0 radical (unpaired) electrons. The molecule has 2 N–H and O–H groups in total. The number of nitrogens with zero attached hydrogens (tertiary/aromatic N) is 1. The molecule has 0 bridgehead atoms. The van der Waals surface area contributed by atoms with Crippen molar-refractivity contribution in [2.45, 2.75) is 55.8 Å². The number of nitro groups is 1. The third-order valence-corrected chi connectivity index (χ3v) is 8.41. The number of aryl methyl sites for hydroxylation is 1. The van der Waals surface area contributed by atoms with Gasteiger partial charge in [0.05, 0.1) is 20.9 Å². The summed E-state index contributed by atoms with van der Waals surface area (Å²) in [5, 5.41) is 22.3. The van der Waals surface area contributed by atoms with Gasteiger partial charge in [-0.2, -0.15) is 0 Å². The minimum Gasteiger partial charge on any atom is -0.506 e. The van der Waals surface area contributed by atoms with Crippen LogP contribution in [-0.2, 0) is 16.4 Å². The second-order valence-corrected chi connectivity index (χ2v) is 11.4. The van der Waals surface area contributed by atoms with Gasteiger partial charge >= 0.3 is 5.63 Å². The van der Waals surface area contributed by atoms with Gasteiger partial charge in [0.25, 0.3) is 15.7 Å². The maximum Gasteiger partial charge on any atom is 0.343 e. The highest BCUT2D eigenvalue weighted by atomic mass is 32.2. The molecule has 3 aromatic rings. The van der Waals surface area contributed by atoms with Gasteiger partial charge in [0.2, 0.25) is 0 Å². The lowest BCUT2D eigenvalue weighted by molar-refractivity contribution is -0.385. The molecule has 0 saturated heterocycles. The maximum absolute atomic E-state index is 13.1. The van der Waals surface area contributed by atoms with E-state index in [1.165, 1.54) is 24.3 Å². The normalized spacial score (nSPS) is 16.7. The molecular weight excluding hydrogens is 512 g/mol. The molecule has 2 aliphatic carbocycles. The second kappa shape index (κ2) is 10.1. The largest absolute Gasteiger partial charge is 0.506 e. The summed E-state index contributed by atoms with van der Waals surface area (Å²) in [6.45, 7) is 0. The van der Waals surface area contributed by atoms with Gasteiger partial charge in [0.15, 0.2) is 5.78 Å². The summed E-state index contributed by atoms with van der Waals surface area (Å²) < 4.78 is 34.0. The minimum absolute atomic E-state index is 0.00846. The van der Waals surface area contributed by atoms with E-state index in [-0.39, 0.29) is 57.0 Å². The lowest BCUT2D eigenvalue weighted by Gasteiger charge is -2.21. The molecule has 198 valence electrons. The molecule has 10 nitrogen and oxygen atoms in total. The minimum atomic E-state index is -4.15. The van der Waals surface area contributed by atoms with Crippen molar-refractivity contribution in [3.63, 3.8) is 0 Å². The van der Waals surface area contributed by atoms with Gasteiger partial charge in [-0.15, -0.1) is 0 Å².